The van der Waals surface area contributed by atoms with Crippen LogP contribution in [0.1, 0.15) is 17.5 Å². The predicted molar refractivity (Wildman–Crippen MR) is 103 cm³/mol. The summed E-state index contributed by atoms with van der Waals surface area (Å²) >= 11 is 3.81. The van der Waals surface area contributed by atoms with Crippen molar-refractivity contribution >= 4 is 25.6 Å². The van der Waals surface area contributed by atoms with E-state index in [1.807, 2.05) is 0 Å². The van der Waals surface area contributed by atoms with Crippen molar-refractivity contribution in [3.63, 3.8) is 0 Å². The first kappa shape index (κ1) is 16.0. The number of ether oxygens (including phenoxy) is 3. The first-order valence-electron chi connectivity index (χ1n) is 8.92. The van der Waals surface area contributed by atoms with E-state index >= 15 is 0 Å². The maximum atomic E-state index is 6.54. The van der Waals surface area contributed by atoms with Crippen LogP contribution >= 0.6 is 15.9 Å². The SMILES string of the molecule is COC1=CC=C2C3Cc4c(Br)cc(OC)c5c4C2(CCN3[SiH2]C)C1O5. The van der Waals surface area contributed by atoms with Crippen LogP contribution in [0.15, 0.2) is 34.0 Å². The van der Waals surface area contributed by atoms with Gasteiger partial charge in [-0.25, -0.2) is 0 Å². The third-order valence-corrected chi connectivity index (χ3v) is 8.76. The van der Waals surface area contributed by atoms with Gasteiger partial charge in [0.1, 0.15) is 5.76 Å². The van der Waals surface area contributed by atoms with Crippen LogP contribution in [-0.2, 0) is 16.6 Å². The Morgan fingerprint density at radius 2 is 2.16 bits per heavy atom. The Hall–Kier alpha value is -1.24. The Bertz CT molecular complexity index is 836. The molecule has 3 unspecified atom stereocenters. The molecule has 1 aromatic rings. The van der Waals surface area contributed by atoms with Crippen LogP contribution in [-0.4, -0.2) is 47.2 Å². The number of hydrogen-bond acceptors (Lipinski definition) is 4. The minimum atomic E-state index is -0.213. The minimum Gasteiger partial charge on any atom is -0.497 e. The van der Waals surface area contributed by atoms with E-state index in [-0.39, 0.29) is 21.2 Å². The van der Waals surface area contributed by atoms with Crippen LogP contribution in [0.4, 0.5) is 0 Å². The molecule has 3 atom stereocenters. The van der Waals surface area contributed by atoms with Crippen molar-refractivity contribution in [3.05, 3.63) is 45.2 Å². The number of nitrogens with zero attached hydrogens (tertiary/aromatic N) is 1. The van der Waals surface area contributed by atoms with E-state index < -0.39 is 0 Å². The molecule has 1 saturated heterocycles. The van der Waals surface area contributed by atoms with Gasteiger partial charge in [-0.05, 0) is 42.7 Å². The average molecular weight is 420 g/mol. The predicted octanol–water partition coefficient (Wildman–Crippen LogP) is 2.69. The molecule has 1 fully saturated rings. The Balaban J connectivity index is 1.84. The second-order valence-corrected chi connectivity index (χ2v) is 9.51. The summed E-state index contributed by atoms with van der Waals surface area (Å²) in [6.07, 6.45) is 6.49. The van der Waals surface area contributed by atoms with E-state index in [2.05, 4.69) is 45.3 Å². The zero-order chi connectivity index (χ0) is 17.3. The second-order valence-electron chi connectivity index (χ2n) is 7.21. The first-order valence-corrected chi connectivity index (χ1v) is 11.8. The highest BCUT2D eigenvalue weighted by molar-refractivity contribution is 9.10. The Kier molecular flexibility index (Phi) is 3.43. The molecule has 25 heavy (non-hydrogen) atoms. The number of benzene rings is 1. The fourth-order valence-corrected chi connectivity index (χ4v) is 7.22. The molecule has 5 rings (SSSR count). The zero-order valence-corrected chi connectivity index (χ0v) is 17.8. The van der Waals surface area contributed by atoms with Crippen LogP contribution in [0.3, 0.4) is 0 Å². The van der Waals surface area contributed by atoms with Gasteiger partial charge in [-0.3, -0.25) is 0 Å². The zero-order valence-electron chi connectivity index (χ0n) is 14.8. The number of rotatable bonds is 3. The normalized spacial score (nSPS) is 32.2. The van der Waals surface area contributed by atoms with Crippen LogP contribution in [0.2, 0.25) is 6.55 Å². The fraction of sp³-hybridized carbons (Fsp3) is 0.474. The summed E-state index contributed by atoms with van der Waals surface area (Å²) in [5, 5.41) is 0. The Morgan fingerprint density at radius 1 is 1.32 bits per heavy atom. The van der Waals surface area contributed by atoms with Gasteiger partial charge in [0, 0.05) is 16.1 Å². The maximum absolute atomic E-state index is 6.54. The lowest BCUT2D eigenvalue weighted by molar-refractivity contribution is 0.0861. The maximum Gasteiger partial charge on any atom is 0.169 e. The highest BCUT2D eigenvalue weighted by Crippen LogP contribution is 2.63. The molecule has 1 spiro atoms. The number of halogens is 1. The molecule has 6 heteroatoms. The molecular weight excluding hydrogens is 398 g/mol. The van der Waals surface area contributed by atoms with E-state index in [4.69, 9.17) is 14.2 Å². The molecule has 132 valence electrons. The van der Waals surface area contributed by atoms with Crippen molar-refractivity contribution in [2.45, 2.75) is 36.9 Å². The van der Waals surface area contributed by atoms with Gasteiger partial charge in [-0.15, -0.1) is 0 Å². The average Bonchev–Trinajstić information content (AvgIpc) is 2.97. The molecule has 1 aromatic carbocycles. The summed E-state index contributed by atoms with van der Waals surface area (Å²) in [6.45, 7) is 3.54. The molecule has 2 heterocycles. The Morgan fingerprint density at radius 3 is 2.88 bits per heavy atom. The third kappa shape index (κ3) is 1.80. The van der Waals surface area contributed by atoms with Crippen LogP contribution in [0.25, 0.3) is 0 Å². The number of methoxy groups -OCH3 is 2. The Labute approximate surface area is 158 Å². The number of hydrogen-bond donors (Lipinski definition) is 0. The van der Waals surface area contributed by atoms with Gasteiger partial charge in [0.05, 0.1) is 29.3 Å². The van der Waals surface area contributed by atoms with E-state index in [9.17, 15) is 0 Å². The highest BCUT2D eigenvalue weighted by atomic mass is 79.9. The lowest BCUT2D eigenvalue weighted by Crippen LogP contribution is -2.60. The van der Waals surface area contributed by atoms with Crippen molar-refractivity contribution in [1.82, 2.24) is 4.57 Å². The lowest BCUT2D eigenvalue weighted by Gasteiger charge is -2.53. The van der Waals surface area contributed by atoms with E-state index in [0.717, 1.165) is 41.1 Å². The van der Waals surface area contributed by atoms with Crippen molar-refractivity contribution in [2.24, 2.45) is 0 Å². The quantitative estimate of drug-likeness (QED) is 0.704. The molecular formula is C19H22BrNO3Si. The second kappa shape index (κ2) is 5.38. The first-order chi connectivity index (χ1) is 12.2. The molecule has 0 amide bonds. The number of allylic oxidation sites excluding steroid dienone is 2. The molecule has 0 aromatic heterocycles. The molecule has 2 bridgehead atoms. The summed E-state index contributed by atoms with van der Waals surface area (Å²) in [4.78, 5) is 0. The fourth-order valence-electron chi connectivity index (χ4n) is 5.41. The standard InChI is InChI=1S/C19H22BrNO3Si/c1-22-14-5-4-11-13-8-10-12(20)9-15(23-2)17-16(10)19(11,18(14)24-17)6-7-21(13)25-3/h4-5,9,13,18H,6-8,25H2,1-3H3. The van der Waals surface area contributed by atoms with E-state index in [1.165, 1.54) is 16.7 Å². The molecule has 0 saturated carbocycles. The van der Waals surface area contributed by atoms with Crippen LogP contribution < -0.4 is 9.47 Å². The molecule has 2 aliphatic heterocycles. The smallest absolute Gasteiger partial charge is 0.169 e. The van der Waals surface area contributed by atoms with Gasteiger partial charge in [-0.2, -0.15) is 0 Å². The molecule has 4 aliphatic rings. The van der Waals surface area contributed by atoms with Gasteiger partial charge < -0.3 is 18.8 Å². The topological polar surface area (TPSA) is 30.9 Å². The van der Waals surface area contributed by atoms with E-state index in [0.29, 0.717) is 6.04 Å². The molecule has 4 nitrogen and oxygen atoms in total. The van der Waals surface area contributed by atoms with Gasteiger partial charge in [0.25, 0.3) is 0 Å². The van der Waals surface area contributed by atoms with E-state index in [1.54, 1.807) is 14.2 Å². The van der Waals surface area contributed by atoms with Crippen LogP contribution in [0.5, 0.6) is 11.5 Å². The van der Waals surface area contributed by atoms with Gasteiger partial charge in [0.15, 0.2) is 17.6 Å². The van der Waals surface area contributed by atoms with Crippen molar-refractivity contribution in [3.8, 4) is 11.5 Å². The van der Waals surface area contributed by atoms with Gasteiger partial charge >= 0.3 is 0 Å². The molecule has 0 N–H and O–H groups in total. The van der Waals surface area contributed by atoms with Crippen molar-refractivity contribution < 1.29 is 14.2 Å². The molecule has 0 radical (unpaired) electrons. The number of piperidine rings is 1. The highest BCUT2D eigenvalue weighted by Gasteiger charge is 2.62. The van der Waals surface area contributed by atoms with Crippen molar-refractivity contribution in [1.29, 1.82) is 0 Å². The van der Waals surface area contributed by atoms with Crippen LogP contribution in [0, 0.1) is 0 Å². The minimum absolute atomic E-state index is 0.0714. The monoisotopic (exact) mass is 419 g/mol. The van der Waals surface area contributed by atoms with Crippen molar-refractivity contribution in [2.75, 3.05) is 20.8 Å². The summed E-state index contributed by atoms with van der Waals surface area (Å²) in [5.41, 5.74) is 4.16. The summed E-state index contributed by atoms with van der Waals surface area (Å²) in [5.74, 6) is 2.66. The van der Waals surface area contributed by atoms with Gasteiger partial charge in [-0.1, -0.05) is 28.6 Å². The summed E-state index contributed by atoms with van der Waals surface area (Å²) < 4.78 is 21.8. The summed E-state index contributed by atoms with van der Waals surface area (Å²) in [6, 6.07) is 2.56. The van der Waals surface area contributed by atoms with Gasteiger partial charge in [0.2, 0.25) is 0 Å². The summed E-state index contributed by atoms with van der Waals surface area (Å²) in [7, 11) is 3.25. The largest absolute Gasteiger partial charge is 0.497 e. The third-order valence-electron chi connectivity index (χ3n) is 6.48. The lowest BCUT2D eigenvalue weighted by atomic mass is 9.57. The molecule has 2 aliphatic carbocycles.